The van der Waals surface area contributed by atoms with Gasteiger partial charge in [-0.3, -0.25) is 10.1 Å². The topological polar surface area (TPSA) is 92.7 Å². The summed E-state index contributed by atoms with van der Waals surface area (Å²) in [6.45, 7) is 0. The van der Waals surface area contributed by atoms with Gasteiger partial charge in [-0.2, -0.15) is 5.26 Å². The Bertz CT molecular complexity index is 635. The quantitative estimate of drug-likeness (QED) is 0.556. The number of non-ortho nitro benzene ring substituents is 1. The third-order valence-electron chi connectivity index (χ3n) is 1.92. The van der Waals surface area contributed by atoms with Crippen LogP contribution in [0, 0.1) is 21.4 Å². The Morgan fingerprint density at radius 3 is 2.75 bits per heavy atom. The van der Waals surface area contributed by atoms with E-state index in [2.05, 4.69) is 9.97 Å². The summed E-state index contributed by atoms with van der Waals surface area (Å²) in [5.41, 5.74) is 0.535. The predicted molar refractivity (Wildman–Crippen MR) is 55.9 cm³/mol. The van der Waals surface area contributed by atoms with E-state index >= 15 is 0 Å². The van der Waals surface area contributed by atoms with Gasteiger partial charge in [-0.15, -0.1) is 0 Å². The summed E-state index contributed by atoms with van der Waals surface area (Å²) >= 11 is 5.68. The molecule has 78 valence electrons. The van der Waals surface area contributed by atoms with E-state index in [0.29, 0.717) is 5.52 Å². The number of benzene rings is 1. The highest BCUT2D eigenvalue weighted by atomic mass is 35.5. The number of nitro benzene ring substituents is 1. The lowest BCUT2D eigenvalue weighted by Crippen LogP contribution is -1.93. The van der Waals surface area contributed by atoms with Gasteiger partial charge in [-0.1, -0.05) is 11.6 Å². The molecule has 0 aliphatic heterocycles. The van der Waals surface area contributed by atoms with Crippen LogP contribution in [0.1, 0.15) is 5.69 Å². The van der Waals surface area contributed by atoms with Crippen LogP contribution in [-0.4, -0.2) is 14.9 Å². The average Bonchev–Trinajstić information content (AvgIpc) is 2.27. The molecule has 0 unspecified atom stereocenters. The van der Waals surface area contributed by atoms with Gasteiger partial charge in [-0.25, -0.2) is 9.97 Å². The summed E-state index contributed by atoms with van der Waals surface area (Å²) in [5.74, 6) is 0. The third kappa shape index (κ3) is 1.64. The number of nitrogens with zero attached hydrogens (tertiary/aromatic N) is 4. The zero-order valence-electron chi connectivity index (χ0n) is 7.72. The van der Waals surface area contributed by atoms with Gasteiger partial charge in [0.15, 0.2) is 10.8 Å². The maximum Gasteiger partial charge on any atom is 0.271 e. The SMILES string of the molecule is N#Cc1nc2cc([N+](=O)[O-])ccc2nc1Cl. The van der Waals surface area contributed by atoms with Gasteiger partial charge in [0.2, 0.25) is 0 Å². The molecule has 0 saturated carbocycles. The molecule has 2 aromatic rings. The number of halogens is 1. The maximum atomic E-state index is 10.5. The molecule has 1 aromatic heterocycles. The van der Waals surface area contributed by atoms with E-state index in [9.17, 15) is 10.1 Å². The Morgan fingerprint density at radius 2 is 2.12 bits per heavy atom. The first-order valence-corrected chi connectivity index (χ1v) is 4.51. The van der Waals surface area contributed by atoms with Crippen LogP contribution >= 0.6 is 11.6 Å². The Hall–Kier alpha value is -2.26. The monoisotopic (exact) mass is 234 g/mol. The minimum atomic E-state index is -0.540. The number of nitro groups is 1. The van der Waals surface area contributed by atoms with E-state index in [-0.39, 0.29) is 22.1 Å². The molecule has 2 rings (SSSR count). The van der Waals surface area contributed by atoms with Crippen molar-refractivity contribution in [3.63, 3.8) is 0 Å². The molecule has 0 N–H and O–H groups in total. The molecular weight excluding hydrogens is 232 g/mol. The van der Waals surface area contributed by atoms with Crippen LogP contribution in [-0.2, 0) is 0 Å². The molecule has 0 aliphatic rings. The van der Waals surface area contributed by atoms with Crippen LogP contribution in [0.25, 0.3) is 11.0 Å². The van der Waals surface area contributed by atoms with E-state index in [1.807, 2.05) is 0 Å². The zero-order chi connectivity index (χ0) is 11.7. The van der Waals surface area contributed by atoms with Crippen LogP contribution < -0.4 is 0 Å². The van der Waals surface area contributed by atoms with Crippen molar-refractivity contribution in [2.75, 3.05) is 0 Å². The van der Waals surface area contributed by atoms with Gasteiger partial charge < -0.3 is 0 Å². The largest absolute Gasteiger partial charge is 0.271 e. The van der Waals surface area contributed by atoms with Gasteiger partial charge in [0, 0.05) is 12.1 Å². The molecule has 6 nitrogen and oxygen atoms in total. The summed E-state index contributed by atoms with van der Waals surface area (Å²) in [4.78, 5) is 17.8. The normalized spacial score (nSPS) is 10.0. The number of nitriles is 1. The molecular formula is C9H3ClN4O2. The Balaban J connectivity index is 2.74. The minimum absolute atomic E-state index is 0.0103. The molecule has 0 saturated heterocycles. The Kier molecular flexibility index (Phi) is 2.38. The van der Waals surface area contributed by atoms with Crippen molar-refractivity contribution in [1.82, 2.24) is 9.97 Å². The number of hydrogen-bond donors (Lipinski definition) is 0. The van der Waals surface area contributed by atoms with Crippen molar-refractivity contribution in [2.45, 2.75) is 0 Å². The Labute approximate surface area is 94.3 Å². The summed E-state index contributed by atoms with van der Waals surface area (Å²) in [6, 6.07) is 5.75. The highest BCUT2D eigenvalue weighted by molar-refractivity contribution is 6.30. The summed E-state index contributed by atoms with van der Waals surface area (Å²) in [6.07, 6.45) is 0. The first-order chi connectivity index (χ1) is 7.61. The van der Waals surface area contributed by atoms with Crippen LogP contribution in [0.3, 0.4) is 0 Å². The minimum Gasteiger partial charge on any atom is -0.258 e. The van der Waals surface area contributed by atoms with E-state index in [1.165, 1.54) is 18.2 Å². The first kappa shape index (κ1) is 10.3. The fourth-order valence-electron chi connectivity index (χ4n) is 1.21. The van der Waals surface area contributed by atoms with Gasteiger partial charge in [-0.05, 0) is 6.07 Å². The second kappa shape index (κ2) is 3.72. The van der Waals surface area contributed by atoms with E-state index in [4.69, 9.17) is 16.9 Å². The molecule has 0 atom stereocenters. The number of aromatic nitrogens is 2. The highest BCUT2D eigenvalue weighted by Crippen LogP contribution is 2.20. The second-order valence-electron chi connectivity index (χ2n) is 2.90. The fraction of sp³-hybridized carbons (Fsp3) is 0. The van der Waals surface area contributed by atoms with Crippen LogP contribution in [0.2, 0.25) is 5.15 Å². The van der Waals surface area contributed by atoms with Gasteiger partial charge in [0.05, 0.1) is 16.0 Å². The molecule has 0 spiro atoms. The molecule has 1 aromatic carbocycles. The van der Waals surface area contributed by atoms with E-state index in [0.717, 1.165) is 0 Å². The standard InChI is InChI=1S/C9H3ClN4O2/c10-9-8(4-11)12-7-3-5(14(15)16)1-2-6(7)13-9/h1-3H. The fourth-order valence-corrected chi connectivity index (χ4v) is 1.38. The molecule has 0 bridgehead atoms. The van der Waals surface area contributed by atoms with Crippen molar-refractivity contribution >= 4 is 28.3 Å². The van der Waals surface area contributed by atoms with Crippen LogP contribution in [0.15, 0.2) is 18.2 Å². The first-order valence-electron chi connectivity index (χ1n) is 4.13. The molecule has 16 heavy (non-hydrogen) atoms. The highest BCUT2D eigenvalue weighted by Gasteiger charge is 2.10. The van der Waals surface area contributed by atoms with Crippen LogP contribution in [0.4, 0.5) is 5.69 Å². The lowest BCUT2D eigenvalue weighted by atomic mass is 10.2. The van der Waals surface area contributed by atoms with Crippen molar-refractivity contribution in [3.05, 3.63) is 39.2 Å². The summed E-state index contributed by atoms with van der Waals surface area (Å²) < 4.78 is 0. The zero-order valence-corrected chi connectivity index (χ0v) is 8.47. The van der Waals surface area contributed by atoms with Crippen molar-refractivity contribution in [1.29, 1.82) is 5.26 Å². The lowest BCUT2D eigenvalue weighted by Gasteiger charge is -1.98. The molecule has 0 fully saturated rings. The van der Waals surface area contributed by atoms with E-state index in [1.54, 1.807) is 6.07 Å². The Morgan fingerprint density at radius 1 is 1.38 bits per heavy atom. The van der Waals surface area contributed by atoms with Gasteiger partial charge in [0.25, 0.3) is 5.69 Å². The summed E-state index contributed by atoms with van der Waals surface area (Å²) in [7, 11) is 0. The van der Waals surface area contributed by atoms with Crippen molar-refractivity contribution < 1.29 is 4.92 Å². The van der Waals surface area contributed by atoms with Gasteiger partial charge >= 0.3 is 0 Å². The number of hydrogen-bond acceptors (Lipinski definition) is 5. The maximum absolute atomic E-state index is 10.5. The lowest BCUT2D eigenvalue weighted by molar-refractivity contribution is -0.384. The molecule has 0 amide bonds. The molecule has 7 heteroatoms. The molecule has 1 heterocycles. The van der Waals surface area contributed by atoms with Crippen LogP contribution in [0.5, 0.6) is 0 Å². The third-order valence-corrected chi connectivity index (χ3v) is 2.19. The second-order valence-corrected chi connectivity index (χ2v) is 3.26. The smallest absolute Gasteiger partial charge is 0.258 e. The van der Waals surface area contributed by atoms with Crippen molar-refractivity contribution in [3.8, 4) is 6.07 Å². The average molecular weight is 235 g/mol. The number of rotatable bonds is 1. The predicted octanol–water partition coefficient (Wildman–Crippen LogP) is 2.06. The van der Waals surface area contributed by atoms with Gasteiger partial charge in [0.1, 0.15) is 6.07 Å². The number of fused-ring (bicyclic) bond motifs is 1. The molecule has 0 radical (unpaired) electrons. The molecule has 0 aliphatic carbocycles. The van der Waals surface area contributed by atoms with E-state index < -0.39 is 4.92 Å². The van der Waals surface area contributed by atoms with Crippen molar-refractivity contribution in [2.24, 2.45) is 0 Å². The summed E-state index contributed by atoms with van der Waals surface area (Å²) in [5, 5.41) is 19.2.